The highest BCUT2D eigenvalue weighted by atomic mass is 16.3. The number of benzene rings is 5. The molecule has 0 atom stereocenters. The molecule has 0 saturated carbocycles. The predicted molar refractivity (Wildman–Crippen MR) is 174 cm³/mol. The van der Waals surface area contributed by atoms with Crippen LogP contribution in [0.15, 0.2) is 138 Å². The van der Waals surface area contributed by atoms with Gasteiger partial charge in [-0.3, -0.25) is 4.40 Å². The van der Waals surface area contributed by atoms with Crippen molar-refractivity contribution in [2.45, 2.75) is 0 Å². The van der Waals surface area contributed by atoms with E-state index in [2.05, 4.69) is 101 Å². The van der Waals surface area contributed by atoms with E-state index in [1.165, 1.54) is 0 Å². The summed E-state index contributed by atoms with van der Waals surface area (Å²) in [5, 5.41) is 3.22. The third-order valence-electron chi connectivity index (χ3n) is 8.34. The second-order valence-electron chi connectivity index (χ2n) is 10.8. The summed E-state index contributed by atoms with van der Waals surface area (Å²) < 4.78 is 10.5. The average molecular weight is 551 g/mol. The summed E-state index contributed by atoms with van der Waals surface area (Å²) in [4.78, 5) is 8.55. The topological polar surface area (TPSA) is 39.7 Å². The lowest BCUT2D eigenvalue weighted by molar-refractivity contribution is 0.649. The van der Waals surface area contributed by atoms with Crippen LogP contribution in [0.5, 0.6) is 0 Å². The standard InChI is InChI=1S/C38H22N4O/c1-39-28-16-18-34-32(22-28)31-21-26(14-17-33(31)42(34)29-10-3-2-4-11-29)24-8-7-9-25(20-24)27-15-19-36-40-37-30-12-5-6-13-35(30)43-38(37)41(36)23-27/h2-23H. The van der Waals surface area contributed by atoms with Crippen LogP contribution in [0.3, 0.4) is 0 Å². The quantitative estimate of drug-likeness (QED) is 0.205. The van der Waals surface area contributed by atoms with Crippen LogP contribution >= 0.6 is 0 Å². The number of rotatable bonds is 3. The van der Waals surface area contributed by atoms with Crippen molar-refractivity contribution >= 4 is 55.3 Å². The van der Waals surface area contributed by atoms with Gasteiger partial charge in [-0.05, 0) is 94.4 Å². The van der Waals surface area contributed by atoms with Gasteiger partial charge < -0.3 is 8.98 Å². The van der Waals surface area contributed by atoms with E-state index in [-0.39, 0.29) is 0 Å². The Hall–Kier alpha value is -6.12. The summed E-state index contributed by atoms with van der Waals surface area (Å²) in [5.74, 6) is 0. The van der Waals surface area contributed by atoms with Crippen LogP contribution in [-0.2, 0) is 0 Å². The Bertz CT molecular complexity index is 2580. The van der Waals surface area contributed by atoms with Crippen LogP contribution in [0.25, 0.3) is 82.4 Å². The largest absolute Gasteiger partial charge is 0.437 e. The Morgan fingerprint density at radius 2 is 1.33 bits per heavy atom. The normalized spacial score (nSPS) is 11.7. The summed E-state index contributed by atoms with van der Waals surface area (Å²) in [6.45, 7) is 7.60. The number of hydrogen-bond donors (Lipinski definition) is 0. The van der Waals surface area contributed by atoms with E-state index in [1.54, 1.807) is 0 Å². The highest BCUT2D eigenvalue weighted by Gasteiger charge is 2.16. The molecule has 5 aromatic carbocycles. The molecule has 9 aromatic rings. The van der Waals surface area contributed by atoms with Crippen molar-refractivity contribution in [3.8, 4) is 27.9 Å². The van der Waals surface area contributed by atoms with Crippen molar-refractivity contribution in [3.05, 3.63) is 145 Å². The summed E-state index contributed by atoms with van der Waals surface area (Å²) >= 11 is 0. The van der Waals surface area contributed by atoms with E-state index >= 15 is 0 Å². The van der Waals surface area contributed by atoms with Gasteiger partial charge in [0.25, 0.3) is 0 Å². The summed E-state index contributed by atoms with van der Waals surface area (Å²) in [6, 6.07) is 43.8. The van der Waals surface area contributed by atoms with Crippen molar-refractivity contribution in [1.29, 1.82) is 0 Å². The third-order valence-corrected chi connectivity index (χ3v) is 8.34. The summed E-state index contributed by atoms with van der Waals surface area (Å²) in [7, 11) is 0. The van der Waals surface area contributed by atoms with Crippen LogP contribution < -0.4 is 0 Å². The number of para-hydroxylation sites is 2. The van der Waals surface area contributed by atoms with E-state index in [1.807, 2.05) is 46.9 Å². The molecule has 200 valence electrons. The highest BCUT2D eigenvalue weighted by molar-refractivity contribution is 6.11. The molecule has 4 aromatic heterocycles. The first kappa shape index (κ1) is 23.6. The van der Waals surface area contributed by atoms with Gasteiger partial charge in [0.15, 0.2) is 5.69 Å². The second-order valence-corrected chi connectivity index (χ2v) is 10.8. The van der Waals surface area contributed by atoms with Gasteiger partial charge in [-0.1, -0.05) is 60.7 Å². The molecule has 0 N–H and O–H groups in total. The van der Waals surface area contributed by atoms with Gasteiger partial charge in [0, 0.05) is 22.7 Å². The molecule has 5 nitrogen and oxygen atoms in total. The molecule has 0 aliphatic carbocycles. The minimum Gasteiger partial charge on any atom is -0.437 e. The zero-order valence-corrected chi connectivity index (χ0v) is 22.9. The molecule has 9 rings (SSSR count). The van der Waals surface area contributed by atoms with E-state index in [0.29, 0.717) is 5.69 Å². The van der Waals surface area contributed by atoms with Gasteiger partial charge in [-0.2, -0.15) is 0 Å². The number of fused-ring (bicyclic) bond motifs is 8. The lowest BCUT2D eigenvalue weighted by atomic mass is 9.98. The maximum absolute atomic E-state index is 7.60. The SMILES string of the molecule is [C-]#[N+]c1ccc2c(c1)c1cc(-c3cccc(-c4ccc5nc6c7ccccc7oc6n5c4)c3)ccc1n2-c1ccccc1. The number of aromatic nitrogens is 3. The molecule has 43 heavy (non-hydrogen) atoms. The summed E-state index contributed by atoms with van der Waals surface area (Å²) in [5.41, 5.74) is 11.7. The van der Waals surface area contributed by atoms with Crippen molar-refractivity contribution < 1.29 is 4.42 Å². The van der Waals surface area contributed by atoms with Gasteiger partial charge in [-0.15, -0.1) is 0 Å². The average Bonchev–Trinajstić information content (AvgIpc) is 3.72. The number of furan rings is 1. The maximum atomic E-state index is 7.60. The predicted octanol–water partition coefficient (Wildman–Crippen LogP) is 10.2. The Kier molecular flexibility index (Phi) is 4.90. The smallest absolute Gasteiger partial charge is 0.232 e. The summed E-state index contributed by atoms with van der Waals surface area (Å²) in [6.07, 6.45) is 2.11. The lowest BCUT2D eigenvalue weighted by Crippen LogP contribution is -1.92. The first-order valence-corrected chi connectivity index (χ1v) is 14.2. The molecule has 0 unspecified atom stereocenters. The zero-order chi connectivity index (χ0) is 28.5. The highest BCUT2D eigenvalue weighted by Crippen LogP contribution is 2.38. The van der Waals surface area contributed by atoms with Crippen molar-refractivity contribution in [3.63, 3.8) is 0 Å². The molecule has 0 saturated heterocycles. The van der Waals surface area contributed by atoms with E-state index in [9.17, 15) is 0 Å². The van der Waals surface area contributed by atoms with Crippen molar-refractivity contribution in [1.82, 2.24) is 14.0 Å². The van der Waals surface area contributed by atoms with Crippen LogP contribution in [0.1, 0.15) is 0 Å². The van der Waals surface area contributed by atoms with Crippen molar-refractivity contribution in [2.75, 3.05) is 0 Å². The number of imidazole rings is 1. The molecule has 0 spiro atoms. The Morgan fingerprint density at radius 3 is 2.19 bits per heavy atom. The first-order chi connectivity index (χ1) is 21.2. The molecule has 0 aliphatic heterocycles. The molecule has 4 heterocycles. The molecule has 5 heteroatoms. The fraction of sp³-hybridized carbons (Fsp3) is 0. The molecule has 0 fully saturated rings. The molecule has 0 bridgehead atoms. The Balaban J connectivity index is 1.19. The number of pyridine rings is 1. The van der Waals surface area contributed by atoms with Gasteiger partial charge in [0.05, 0.1) is 17.6 Å². The van der Waals surface area contributed by atoms with Gasteiger partial charge >= 0.3 is 0 Å². The molecule has 0 aliphatic rings. The molecular weight excluding hydrogens is 528 g/mol. The fourth-order valence-electron chi connectivity index (χ4n) is 6.32. The number of hydrogen-bond acceptors (Lipinski definition) is 2. The Morgan fingerprint density at radius 1 is 0.605 bits per heavy atom. The van der Waals surface area contributed by atoms with E-state index in [0.717, 1.165) is 77.6 Å². The lowest BCUT2D eigenvalue weighted by Gasteiger charge is -2.09. The van der Waals surface area contributed by atoms with Crippen LogP contribution in [0.4, 0.5) is 5.69 Å². The van der Waals surface area contributed by atoms with Crippen LogP contribution in [0, 0.1) is 6.57 Å². The first-order valence-electron chi connectivity index (χ1n) is 14.2. The van der Waals surface area contributed by atoms with E-state index in [4.69, 9.17) is 16.0 Å². The second kappa shape index (κ2) is 8.94. The van der Waals surface area contributed by atoms with Gasteiger partial charge in [0.2, 0.25) is 5.71 Å². The maximum Gasteiger partial charge on any atom is 0.232 e. The third kappa shape index (κ3) is 3.54. The fourth-order valence-corrected chi connectivity index (χ4v) is 6.32. The van der Waals surface area contributed by atoms with Crippen LogP contribution in [0.2, 0.25) is 0 Å². The Labute approximate surface area is 246 Å². The van der Waals surface area contributed by atoms with Crippen molar-refractivity contribution in [2.24, 2.45) is 0 Å². The van der Waals surface area contributed by atoms with Crippen LogP contribution in [-0.4, -0.2) is 14.0 Å². The minimum absolute atomic E-state index is 0.639. The van der Waals surface area contributed by atoms with E-state index < -0.39 is 0 Å². The minimum atomic E-state index is 0.639. The van der Waals surface area contributed by atoms with Gasteiger partial charge in [0.1, 0.15) is 16.7 Å². The monoisotopic (exact) mass is 550 g/mol. The van der Waals surface area contributed by atoms with Gasteiger partial charge in [-0.25, -0.2) is 9.83 Å². The molecular formula is C38H22N4O. The zero-order valence-electron chi connectivity index (χ0n) is 22.9. The molecule has 0 radical (unpaired) electrons. The molecule has 0 amide bonds. The number of nitrogens with zero attached hydrogens (tertiary/aromatic N) is 4.